The molecular formula is C30H36N4O4. The number of rotatable bonds is 8. The average molecular weight is 517 g/mol. The van der Waals surface area contributed by atoms with Crippen LogP contribution in [0.1, 0.15) is 40.9 Å². The van der Waals surface area contributed by atoms with Gasteiger partial charge < -0.3 is 15.0 Å². The summed E-state index contributed by atoms with van der Waals surface area (Å²) in [4.78, 5) is 45.3. The van der Waals surface area contributed by atoms with E-state index in [-0.39, 0.29) is 25.1 Å². The van der Waals surface area contributed by atoms with Crippen LogP contribution in [0, 0.1) is 6.92 Å². The van der Waals surface area contributed by atoms with Crippen molar-refractivity contribution in [3.63, 3.8) is 0 Å². The number of carbonyl (C=O) groups excluding carboxylic acids is 3. The summed E-state index contributed by atoms with van der Waals surface area (Å²) in [6, 6.07) is 16.2. The van der Waals surface area contributed by atoms with Crippen LogP contribution in [0.2, 0.25) is 0 Å². The fourth-order valence-corrected chi connectivity index (χ4v) is 4.96. The summed E-state index contributed by atoms with van der Waals surface area (Å²) in [5.74, 6) is -0.427. The molecule has 2 aromatic carbocycles. The summed E-state index contributed by atoms with van der Waals surface area (Å²) in [5, 5.41) is 2.99. The van der Waals surface area contributed by atoms with Gasteiger partial charge in [-0.1, -0.05) is 54.1 Å². The van der Waals surface area contributed by atoms with E-state index in [1.54, 1.807) is 17.9 Å². The molecular weight excluding hydrogens is 480 g/mol. The summed E-state index contributed by atoms with van der Waals surface area (Å²) >= 11 is 0. The highest BCUT2D eigenvalue weighted by Gasteiger charge is 2.38. The molecule has 2 aromatic rings. The standard InChI is InChI=1S/C30H36N4O4/c1-4-16-34-25(26(29(36)38-5-2)27(31-30(34)37)23-10-7-6-8-11-23)21-32-17-9-18-33(20-19-32)28(35)24-14-12-22(3)13-15-24/h4,6-8,10-15,27H,1,5,9,16-21H2,2-3H3,(H,31,37). The van der Waals surface area contributed by atoms with Gasteiger partial charge in [0.1, 0.15) is 0 Å². The fraction of sp³-hybridized carbons (Fsp3) is 0.367. The number of hydrogen-bond donors (Lipinski definition) is 1. The molecule has 2 aliphatic heterocycles. The SMILES string of the molecule is C=CCN1C(=O)NC(c2ccccc2)C(C(=O)OCC)=C1CN1CCCN(C(=O)c2ccc(C)cc2)CC1. The number of urea groups is 1. The molecule has 2 heterocycles. The Morgan fingerprint density at radius 1 is 1.05 bits per heavy atom. The predicted molar refractivity (Wildman–Crippen MR) is 146 cm³/mol. The second-order valence-electron chi connectivity index (χ2n) is 9.56. The lowest BCUT2D eigenvalue weighted by atomic mass is 9.94. The van der Waals surface area contributed by atoms with Gasteiger partial charge in [0.05, 0.1) is 18.2 Å². The Kier molecular flexibility index (Phi) is 8.97. The Labute approximate surface area is 224 Å². The zero-order valence-corrected chi connectivity index (χ0v) is 22.2. The van der Waals surface area contributed by atoms with E-state index in [1.165, 1.54) is 0 Å². The van der Waals surface area contributed by atoms with Gasteiger partial charge in [-0.3, -0.25) is 14.6 Å². The van der Waals surface area contributed by atoms with E-state index in [9.17, 15) is 14.4 Å². The number of aryl methyl sites for hydroxylation is 1. The van der Waals surface area contributed by atoms with Crippen LogP contribution >= 0.6 is 0 Å². The van der Waals surface area contributed by atoms with Crippen LogP contribution in [0.5, 0.6) is 0 Å². The molecule has 1 unspecified atom stereocenters. The van der Waals surface area contributed by atoms with E-state index in [1.807, 2.05) is 66.4 Å². The van der Waals surface area contributed by atoms with Crippen LogP contribution in [-0.4, -0.2) is 78.5 Å². The van der Waals surface area contributed by atoms with Crippen molar-refractivity contribution < 1.29 is 19.1 Å². The van der Waals surface area contributed by atoms with Crippen LogP contribution in [0.15, 0.2) is 78.5 Å². The number of ether oxygens (including phenoxy) is 1. The Bertz CT molecular complexity index is 1190. The van der Waals surface area contributed by atoms with Crippen molar-refractivity contribution in [2.75, 3.05) is 45.9 Å². The molecule has 0 bridgehead atoms. The van der Waals surface area contributed by atoms with Gasteiger partial charge >= 0.3 is 12.0 Å². The number of hydrogen-bond acceptors (Lipinski definition) is 5. The van der Waals surface area contributed by atoms with Gasteiger partial charge in [-0.15, -0.1) is 6.58 Å². The third-order valence-electron chi connectivity index (χ3n) is 6.93. The zero-order chi connectivity index (χ0) is 27.1. The molecule has 8 nitrogen and oxygen atoms in total. The summed E-state index contributed by atoms with van der Waals surface area (Å²) in [5.41, 5.74) is 3.65. The normalized spacial score (nSPS) is 18.6. The summed E-state index contributed by atoms with van der Waals surface area (Å²) in [6.45, 7) is 11.0. The summed E-state index contributed by atoms with van der Waals surface area (Å²) in [7, 11) is 0. The minimum atomic E-state index is -0.620. The molecule has 8 heteroatoms. The first kappa shape index (κ1) is 27.1. The van der Waals surface area contributed by atoms with Crippen molar-refractivity contribution in [1.29, 1.82) is 0 Å². The maximum atomic E-state index is 13.3. The topological polar surface area (TPSA) is 82.2 Å². The maximum Gasteiger partial charge on any atom is 0.338 e. The van der Waals surface area contributed by atoms with Crippen molar-refractivity contribution in [3.8, 4) is 0 Å². The molecule has 0 aliphatic carbocycles. The molecule has 0 spiro atoms. The quantitative estimate of drug-likeness (QED) is 0.425. The number of amides is 3. The highest BCUT2D eigenvalue weighted by Crippen LogP contribution is 2.32. The number of nitrogens with one attached hydrogen (secondary N) is 1. The van der Waals surface area contributed by atoms with Gasteiger partial charge in [-0.2, -0.15) is 0 Å². The molecule has 1 N–H and O–H groups in total. The molecule has 0 aromatic heterocycles. The maximum absolute atomic E-state index is 13.3. The van der Waals surface area contributed by atoms with Crippen LogP contribution in [0.3, 0.4) is 0 Å². The summed E-state index contributed by atoms with van der Waals surface area (Å²) in [6.07, 6.45) is 2.44. The molecule has 200 valence electrons. The van der Waals surface area contributed by atoms with Gasteiger partial charge in [-0.05, 0) is 38.0 Å². The molecule has 0 saturated carbocycles. The third-order valence-corrected chi connectivity index (χ3v) is 6.93. The second-order valence-corrected chi connectivity index (χ2v) is 9.56. The van der Waals surface area contributed by atoms with Crippen molar-refractivity contribution in [3.05, 3.63) is 95.2 Å². The Balaban J connectivity index is 1.62. The fourth-order valence-electron chi connectivity index (χ4n) is 4.96. The lowest BCUT2D eigenvalue weighted by Crippen LogP contribution is -2.51. The highest BCUT2D eigenvalue weighted by molar-refractivity contribution is 5.95. The Morgan fingerprint density at radius 2 is 1.79 bits per heavy atom. The molecule has 1 atom stereocenters. The molecule has 0 radical (unpaired) electrons. The van der Waals surface area contributed by atoms with Gasteiger partial charge in [-0.25, -0.2) is 9.59 Å². The van der Waals surface area contributed by atoms with Crippen molar-refractivity contribution in [2.45, 2.75) is 26.3 Å². The van der Waals surface area contributed by atoms with E-state index in [2.05, 4.69) is 16.8 Å². The predicted octanol–water partition coefficient (Wildman–Crippen LogP) is 3.91. The smallest absolute Gasteiger partial charge is 0.338 e. The second kappa shape index (κ2) is 12.6. The van der Waals surface area contributed by atoms with E-state index in [0.29, 0.717) is 43.0 Å². The van der Waals surface area contributed by atoms with Gasteiger partial charge in [0.25, 0.3) is 5.91 Å². The van der Waals surface area contributed by atoms with Crippen LogP contribution in [-0.2, 0) is 9.53 Å². The van der Waals surface area contributed by atoms with Crippen LogP contribution in [0.4, 0.5) is 4.79 Å². The largest absolute Gasteiger partial charge is 0.463 e. The summed E-state index contributed by atoms with van der Waals surface area (Å²) < 4.78 is 5.47. The number of nitrogens with zero attached hydrogens (tertiary/aromatic N) is 3. The third kappa shape index (κ3) is 6.14. The van der Waals surface area contributed by atoms with Gasteiger partial charge in [0.2, 0.25) is 0 Å². The molecule has 3 amide bonds. The average Bonchev–Trinajstić information content (AvgIpc) is 3.16. The molecule has 2 aliphatic rings. The van der Waals surface area contributed by atoms with E-state index < -0.39 is 12.0 Å². The minimum absolute atomic E-state index is 0.0211. The first-order valence-electron chi connectivity index (χ1n) is 13.1. The molecule has 1 fully saturated rings. The zero-order valence-electron chi connectivity index (χ0n) is 22.2. The number of esters is 1. The Hall–Kier alpha value is -3.91. The first-order chi connectivity index (χ1) is 18.4. The van der Waals surface area contributed by atoms with Crippen molar-refractivity contribution >= 4 is 17.9 Å². The van der Waals surface area contributed by atoms with Crippen LogP contribution in [0.25, 0.3) is 0 Å². The van der Waals surface area contributed by atoms with Crippen molar-refractivity contribution in [1.82, 2.24) is 20.0 Å². The molecule has 1 saturated heterocycles. The first-order valence-corrected chi connectivity index (χ1v) is 13.1. The van der Waals surface area contributed by atoms with E-state index in [0.717, 1.165) is 24.1 Å². The van der Waals surface area contributed by atoms with Crippen molar-refractivity contribution in [2.24, 2.45) is 0 Å². The number of benzene rings is 2. The minimum Gasteiger partial charge on any atom is -0.463 e. The van der Waals surface area contributed by atoms with E-state index in [4.69, 9.17) is 4.74 Å². The monoisotopic (exact) mass is 516 g/mol. The number of carbonyl (C=O) groups is 3. The lowest BCUT2D eigenvalue weighted by molar-refractivity contribution is -0.139. The van der Waals surface area contributed by atoms with E-state index >= 15 is 0 Å². The Morgan fingerprint density at radius 3 is 2.47 bits per heavy atom. The molecule has 38 heavy (non-hydrogen) atoms. The molecule has 4 rings (SSSR count). The lowest BCUT2D eigenvalue weighted by Gasteiger charge is -2.38. The highest BCUT2D eigenvalue weighted by atomic mass is 16.5. The van der Waals surface area contributed by atoms with Crippen LogP contribution < -0.4 is 5.32 Å². The van der Waals surface area contributed by atoms with Gasteiger partial charge in [0.15, 0.2) is 0 Å². The van der Waals surface area contributed by atoms with Gasteiger partial charge in [0, 0.05) is 50.5 Å².